The molecule has 0 amide bonds. The molecule has 32 heavy (non-hydrogen) atoms. The van der Waals surface area contributed by atoms with Gasteiger partial charge in [0.15, 0.2) is 0 Å². The Morgan fingerprint density at radius 2 is 1.62 bits per heavy atom. The number of benzene rings is 2. The topological polar surface area (TPSA) is 84.7 Å². The zero-order valence-electron chi connectivity index (χ0n) is 18.0. The average molecular weight is 437 g/mol. The molecule has 168 valence electrons. The number of carbonyl (C=O) groups excluding carboxylic acids is 1. The van der Waals surface area contributed by atoms with Crippen molar-refractivity contribution in [2.75, 3.05) is 26.9 Å². The first-order valence-electron chi connectivity index (χ1n) is 10.6. The van der Waals surface area contributed by atoms with Crippen LogP contribution in [0.5, 0.6) is 0 Å². The number of aromatic nitrogens is 3. The predicted molar refractivity (Wildman–Crippen MR) is 116 cm³/mol. The summed E-state index contributed by atoms with van der Waals surface area (Å²) in [7, 11) is 1.31. The summed E-state index contributed by atoms with van der Waals surface area (Å²) in [5, 5.41) is 4.30. The second-order valence-corrected chi connectivity index (χ2v) is 7.64. The van der Waals surface area contributed by atoms with E-state index in [4.69, 9.17) is 18.9 Å². The summed E-state index contributed by atoms with van der Waals surface area (Å²) in [6, 6.07) is 19.9. The van der Waals surface area contributed by atoms with Gasteiger partial charge in [-0.15, -0.1) is 5.10 Å². The molecule has 2 heterocycles. The van der Waals surface area contributed by atoms with Crippen molar-refractivity contribution in [1.82, 2.24) is 14.8 Å². The minimum atomic E-state index is -0.567. The molecule has 0 bridgehead atoms. The van der Waals surface area contributed by atoms with E-state index in [1.807, 2.05) is 60.7 Å². The second kappa shape index (κ2) is 11.0. The number of hydrogen-bond acceptors (Lipinski definition) is 7. The molecule has 0 unspecified atom stereocenters. The Labute approximate surface area is 187 Å². The lowest BCUT2D eigenvalue weighted by Gasteiger charge is -2.23. The zero-order valence-corrected chi connectivity index (χ0v) is 18.0. The molecule has 1 fully saturated rings. The summed E-state index contributed by atoms with van der Waals surface area (Å²) < 4.78 is 24.4. The van der Waals surface area contributed by atoms with Crippen molar-refractivity contribution >= 4 is 5.97 Å². The first-order valence-corrected chi connectivity index (χ1v) is 10.6. The summed E-state index contributed by atoms with van der Waals surface area (Å²) in [6.45, 7) is 2.35. The Kier molecular flexibility index (Phi) is 7.60. The van der Waals surface area contributed by atoms with Crippen molar-refractivity contribution in [3.63, 3.8) is 0 Å². The van der Waals surface area contributed by atoms with E-state index in [9.17, 15) is 4.79 Å². The highest BCUT2D eigenvalue weighted by molar-refractivity contribution is 5.84. The van der Waals surface area contributed by atoms with Crippen molar-refractivity contribution in [1.29, 1.82) is 0 Å². The molecule has 0 spiro atoms. The molecule has 8 nitrogen and oxygen atoms in total. The van der Waals surface area contributed by atoms with Gasteiger partial charge in [-0.2, -0.15) is 0 Å². The third kappa shape index (κ3) is 5.59. The van der Waals surface area contributed by atoms with Gasteiger partial charge in [0.05, 0.1) is 52.3 Å². The summed E-state index contributed by atoms with van der Waals surface area (Å²) in [5.41, 5.74) is 2.21. The molecule has 3 aromatic rings. The zero-order chi connectivity index (χ0) is 22.2. The highest BCUT2D eigenvalue weighted by Gasteiger charge is 2.39. The molecule has 0 radical (unpaired) electrons. The third-order valence-corrected chi connectivity index (χ3v) is 5.48. The van der Waals surface area contributed by atoms with Crippen LogP contribution in [-0.2, 0) is 32.2 Å². The molecule has 3 atom stereocenters. The second-order valence-electron chi connectivity index (χ2n) is 7.64. The fourth-order valence-electron chi connectivity index (χ4n) is 3.75. The highest BCUT2D eigenvalue weighted by Crippen LogP contribution is 2.32. The van der Waals surface area contributed by atoms with E-state index in [1.165, 1.54) is 13.4 Å². The predicted octanol–water partition coefficient (Wildman–Crippen LogP) is 3.05. The third-order valence-electron chi connectivity index (χ3n) is 5.48. The first kappa shape index (κ1) is 22.1. The lowest BCUT2D eigenvalue weighted by Crippen LogP contribution is -2.31. The van der Waals surface area contributed by atoms with Gasteiger partial charge in [-0.25, -0.2) is 14.5 Å². The van der Waals surface area contributed by atoms with Gasteiger partial charge in [-0.3, -0.25) is 0 Å². The Morgan fingerprint density at radius 1 is 1.00 bits per heavy atom. The molecule has 2 aromatic carbocycles. The van der Waals surface area contributed by atoms with E-state index in [-0.39, 0.29) is 23.9 Å². The van der Waals surface area contributed by atoms with Crippen LogP contribution in [0.15, 0.2) is 67.0 Å². The molecule has 4 rings (SSSR count). The Morgan fingerprint density at radius 3 is 2.25 bits per heavy atom. The molecule has 1 aromatic heterocycles. The van der Waals surface area contributed by atoms with Crippen molar-refractivity contribution in [2.45, 2.75) is 25.4 Å². The minimum absolute atomic E-state index is 0.0123. The Hall–Kier alpha value is -3.07. The van der Waals surface area contributed by atoms with E-state index in [0.717, 1.165) is 11.1 Å². The van der Waals surface area contributed by atoms with Gasteiger partial charge in [-0.1, -0.05) is 60.7 Å². The summed E-state index contributed by atoms with van der Waals surface area (Å²) >= 11 is 0. The van der Waals surface area contributed by atoms with Crippen LogP contribution in [-0.4, -0.2) is 53.8 Å². The highest BCUT2D eigenvalue weighted by atomic mass is 16.5. The van der Waals surface area contributed by atoms with E-state index in [2.05, 4.69) is 10.1 Å². The van der Waals surface area contributed by atoms with Gasteiger partial charge in [0, 0.05) is 5.92 Å². The number of carbonyl (C=O) groups is 1. The fraction of sp³-hybridized carbons (Fsp3) is 0.375. The van der Waals surface area contributed by atoms with E-state index < -0.39 is 5.97 Å². The van der Waals surface area contributed by atoms with Crippen LogP contribution in [0.2, 0.25) is 0 Å². The van der Waals surface area contributed by atoms with E-state index in [0.29, 0.717) is 33.0 Å². The van der Waals surface area contributed by atoms with Crippen molar-refractivity contribution in [3.8, 4) is 0 Å². The number of nitrogens with zero attached hydrogens (tertiary/aromatic N) is 3. The van der Waals surface area contributed by atoms with Crippen molar-refractivity contribution in [2.24, 2.45) is 5.92 Å². The molecule has 0 saturated carbocycles. The Bertz CT molecular complexity index is 980. The van der Waals surface area contributed by atoms with Crippen LogP contribution in [0.4, 0.5) is 0 Å². The van der Waals surface area contributed by atoms with Crippen LogP contribution < -0.4 is 0 Å². The molecule has 1 aliphatic rings. The van der Waals surface area contributed by atoms with Gasteiger partial charge < -0.3 is 18.9 Å². The maximum atomic E-state index is 11.8. The fourth-order valence-corrected chi connectivity index (χ4v) is 3.75. The van der Waals surface area contributed by atoms with Gasteiger partial charge >= 0.3 is 5.97 Å². The molecule has 1 aliphatic heterocycles. The van der Waals surface area contributed by atoms with Gasteiger partial charge in [0.2, 0.25) is 0 Å². The SMILES string of the molecule is COC(=O)c1ncn([C@@H]2CO[C@H](COCc3ccccc3)[C@H]2COCc2ccccc2)n1. The standard InChI is InChI=1S/C24H27N3O5/c1-29-24(28)23-25-17-27(26-23)21-15-32-22(16-31-13-19-10-6-3-7-11-19)20(21)14-30-12-18-8-4-2-5-9-18/h2-11,17,20-22H,12-16H2,1H3/t20-,21+,22+/m0/s1. The Balaban J connectivity index is 1.41. The normalized spacial score (nSPS) is 20.3. The molecule has 1 saturated heterocycles. The van der Waals surface area contributed by atoms with Crippen LogP contribution in [0.1, 0.15) is 27.8 Å². The summed E-state index contributed by atoms with van der Waals surface area (Å²) in [5.74, 6) is -0.552. The maximum absolute atomic E-state index is 11.8. The number of methoxy groups -OCH3 is 1. The summed E-state index contributed by atoms with van der Waals surface area (Å²) in [6.07, 6.45) is 1.38. The first-order chi connectivity index (χ1) is 15.7. The van der Waals surface area contributed by atoms with Gasteiger partial charge in [-0.05, 0) is 11.1 Å². The van der Waals surface area contributed by atoms with Gasteiger partial charge in [0.1, 0.15) is 6.33 Å². The number of hydrogen-bond donors (Lipinski definition) is 0. The maximum Gasteiger partial charge on any atom is 0.377 e. The quantitative estimate of drug-likeness (QED) is 0.451. The number of esters is 1. The van der Waals surface area contributed by atoms with Crippen LogP contribution in [0, 0.1) is 5.92 Å². The van der Waals surface area contributed by atoms with Crippen LogP contribution in [0.25, 0.3) is 0 Å². The number of rotatable bonds is 10. The lowest BCUT2D eigenvalue weighted by atomic mass is 9.98. The van der Waals surface area contributed by atoms with Crippen LogP contribution >= 0.6 is 0 Å². The molecular formula is C24H27N3O5. The van der Waals surface area contributed by atoms with E-state index in [1.54, 1.807) is 4.68 Å². The molecular weight excluding hydrogens is 410 g/mol. The minimum Gasteiger partial charge on any atom is -0.463 e. The molecule has 8 heteroatoms. The van der Waals surface area contributed by atoms with Crippen molar-refractivity contribution < 1.29 is 23.7 Å². The smallest absolute Gasteiger partial charge is 0.377 e. The monoisotopic (exact) mass is 437 g/mol. The van der Waals surface area contributed by atoms with Gasteiger partial charge in [0.25, 0.3) is 5.82 Å². The summed E-state index contributed by atoms with van der Waals surface area (Å²) in [4.78, 5) is 15.8. The molecule has 0 aliphatic carbocycles. The van der Waals surface area contributed by atoms with Crippen molar-refractivity contribution in [3.05, 3.63) is 83.9 Å². The largest absolute Gasteiger partial charge is 0.463 e. The molecule has 0 N–H and O–H groups in total. The van der Waals surface area contributed by atoms with Crippen LogP contribution in [0.3, 0.4) is 0 Å². The average Bonchev–Trinajstić information content (AvgIpc) is 3.47. The lowest BCUT2D eigenvalue weighted by molar-refractivity contribution is -0.0240. The number of ether oxygens (including phenoxy) is 4. The van der Waals surface area contributed by atoms with E-state index >= 15 is 0 Å².